The van der Waals surface area contributed by atoms with Crippen LogP contribution in [0, 0.1) is 5.92 Å². The van der Waals surface area contributed by atoms with Gasteiger partial charge < -0.3 is 0 Å². The summed E-state index contributed by atoms with van der Waals surface area (Å²) in [6.07, 6.45) is 14.1. The predicted molar refractivity (Wildman–Crippen MR) is 199 cm³/mol. The Hall–Kier alpha value is -4.32. The summed E-state index contributed by atoms with van der Waals surface area (Å²) in [5, 5.41) is 6.93. The highest BCUT2D eigenvalue weighted by molar-refractivity contribution is 6.41. The zero-order valence-electron chi connectivity index (χ0n) is 29.3. The largest absolute Gasteiger partial charge is 0.274 e. The van der Waals surface area contributed by atoms with E-state index in [9.17, 15) is 19.2 Å². The van der Waals surface area contributed by atoms with E-state index in [-0.39, 0.29) is 23.6 Å². The Morgan fingerprint density at radius 1 is 0.429 bits per heavy atom. The van der Waals surface area contributed by atoms with Gasteiger partial charge in [0.05, 0.1) is 0 Å². The van der Waals surface area contributed by atoms with Crippen LogP contribution < -0.4 is 0 Å². The molecule has 0 bridgehead atoms. The summed E-state index contributed by atoms with van der Waals surface area (Å²) >= 11 is 0. The number of amides is 4. The van der Waals surface area contributed by atoms with Crippen molar-refractivity contribution in [2.75, 3.05) is 13.1 Å². The Kier molecular flexibility index (Phi) is 9.41. The first-order chi connectivity index (χ1) is 23.9. The number of hydrogen-bond acceptors (Lipinski definition) is 4. The highest BCUT2D eigenvalue weighted by atomic mass is 16.2. The van der Waals surface area contributed by atoms with Crippen LogP contribution in [-0.2, 0) is 0 Å². The lowest BCUT2D eigenvalue weighted by atomic mass is 9.82. The Balaban J connectivity index is 1.29. The van der Waals surface area contributed by atoms with Crippen LogP contribution >= 0.6 is 0 Å². The average Bonchev–Trinajstić information content (AvgIpc) is 3.11. The predicted octanol–water partition coefficient (Wildman–Crippen LogP) is 10.7. The molecule has 0 atom stereocenters. The van der Waals surface area contributed by atoms with E-state index in [0.29, 0.717) is 46.6 Å². The molecule has 2 heterocycles. The number of benzene rings is 5. The molecule has 49 heavy (non-hydrogen) atoms. The van der Waals surface area contributed by atoms with Crippen molar-refractivity contribution < 1.29 is 19.2 Å². The van der Waals surface area contributed by atoms with Gasteiger partial charge >= 0.3 is 0 Å². The lowest BCUT2D eigenvalue weighted by molar-refractivity contribution is 0.0571. The fourth-order valence-corrected chi connectivity index (χ4v) is 8.56. The molecule has 0 saturated heterocycles. The van der Waals surface area contributed by atoms with Crippen LogP contribution in [0.25, 0.3) is 43.1 Å². The van der Waals surface area contributed by atoms with E-state index in [4.69, 9.17) is 0 Å². The number of fused-ring (bicyclic) bond motifs is 2. The van der Waals surface area contributed by atoms with Crippen LogP contribution in [0.5, 0.6) is 0 Å². The minimum Gasteiger partial charge on any atom is -0.274 e. The van der Waals surface area contributed by atoms with Gasteiger partial charge in [0.2, 0.25) is 0 Å². The number of imide groups is 2. The third-order valence-electron chi connectivity index (χ3n) is 11.2. The van der Waals surface area contributed by atoms with Crippen molar-refractivity contribution in [1.29, 1.82) is 0 Å². The number of hydrogen-bond donors (Lipinski definition) is 0. The number of nitrogens with zero attached hydrogens (tertiary/aromatic N) is 2. The molecule has 0 spiro atoms. The van der Waals surface area contributed by atoms with Crippen LogP contribution in [0.15, 0.2) is 48.5 Å². The first-order valence-electron chi connectivity index (χ1n) is 18.8. The molecule has 2 aliphatic rings. The Morgan fingerprint density at radius 2 is 0.796 bits per heavy atom. The Morgan fingerprint density at radius 3 is 1.20 bits per heavy atom. The topological polar surface area (TPSA) is 74.8 Å². The highest BCUT2D eigenvalue weighted by Gasteiger charge is 2.37. The van der Waals surface area contributed by atoms with E-state index in [1.165, 1.54) is 9.80 Å². The van der Waals surface area contributed by atoms with Crippen molar-refractivity contribution in [2.24, 2.45) is 5.92 Å². The number of rotatable bonds is 16. The Labute approximate surface area is 289 Å². The van der Waals surface area contributed by atoms with E-state index in [0.717, 1.165) is 121 Å². The molecule has 4 amide bonds. The lowest BCUT2D eigenvalue weighted by Gasteiger charge is -2.32. The molecule has 5 aromatic rings. The normalized spacial score (nSPS) is 14.7. The van der Waals surface area contributed by atoms with Crippen molar-refractivity contribution in [1.82, 2.24) is 9.80 Å². The second kappa shape index (κ2) is 13.9. The molecule has 0 radical (unpaired) electrons. The summed E-state index contributed by atoms with van der Waals surface area (Å²) in [6.45, 7) is 7.46. The van der Waals surface area contributed by atoms with E-state index < -0.39 is 0 Å². The molecule has 7 rings (SSSR count). The molecule has 0 unspecified atom stereocenters. The molecule has 6 heteroatoms. The fraction of sp³-hybridized carbons (Fsp3) is 0.442. The summed E-state index contributed by atoms with van der Waals surface area (Å²) in [6, 6.07) is 15.5. The van der Waals surface area contributed by atoms with Gasteiger partial charge in [-0.15, -0.1) is 0 Å². The molecule has 0 fully saturated rings. The maximum Gasteiger partial charge on any atom is 0.261 e. The zero-order valence-corrected chi connectivity index (χ0v) is 29.3. The third kappa shape index (κ3) is 5.57. The van der Waals surface area contributed by atoms with E-state index in [1.807, 2.05) is 48.5 Å². The molecular weight excluding hydrogens is 608 g/mol. The standard InChI is InChI=1S/C43H48N2O4/c1-4-7-10-11-14-25-44-40(46)32-21-17-28-30-19-23-34-39-35(24-20-31(37(30)39)29-18-22-33(41(44)47)38(32)36(28)29)43(49)45(42(34)48)26-27(15-12-8-5-2)16-13-9-6-3/h17-24,27H,4-16,25-26H2,1-3H3. The molecule has 2 aliphatic heterocycles. The molecule has 0 aromatic heterocycles. The van der Waals surface area contributed by atoms with Gasteiger partial charge in [0, 0.05) is 46.1 Å². The minimum atomic E-state index is -0.230. The molecule has 6 nitrogen and oxygen atoms in total. The molecule has 5 aromatic carbocycles. The van der Waals surface area contributed by atoms with Crippen molar-refractivity contribution in [3.05, 3.63) is 70.8 Å². The fourth-order valence-electron chi connectivity index (χ4n) is 8.56. The van der Waals surface area contributed by atoms with E-state index in [2.05, 4.69) is 20.8 Å². The number of unbranched alkanes of at least 4 members (excludes halogenated alkanes) is 8. The summed E-state index contributed by atoms with van der Waals surface area (Å²) in [4.78, 5) is 58.8. The first kappa shape index (κ1) is 33.2. The number of carbonyl (C=O) groups excluding carboxylic acids is 4. The van der Waals surface area contributed by atoms with Crippen molar-refractivity contribution >= 4 is 66.7 Å². The van der Waals surface area contributed by atoms with Gasteiger partial charge in [-0.3, -0.25) is 29.0 Å². The molecule has 0 saturated carbocycles. The van der Waals surface area contributed by atoms with E-state index in [1.54, 1.807) is 0 Å². The van der Waals surface area contributed by atoms with E-state index >= 15 is 0 Å². The smallest absolute Gasteiger partial charge is 0.261 e. The highest BCUT2D eigenvalue weighted by Crippen LogP contribution is 2.46. The second-order valence-corrected chi connectivity index (χ2v) is 14.4. The van der Waals surface area contributed by atoms with Crippen LogP contribution in [0.3, 0.4) is 0 Å². The second-order valence-electron chi connectivity index (χ2n) is 14.4. The summed E-state index contributed by atoms with van der Waals surface area (Å²) in [5.41, 5.74) is 2.27. The van der Waals surface area contributed by atoms with Crippen LogP contribution in [0.4, 0.5) is 0 Å². The van der Waals surface area contributed by atoms with Gasteiger partial charge in [-0.1, -0.05) is 109 Å². The van der Waals surface area contributed by atoms with Crippen molar-refractivity contribution in [3.63, 3.8) is 0 Å². The van der Waals surface area contributed by atoms with Gasteiger partial charge in [0.15, 0.2) is 0 Å². The van der Waals surface area contributed by atoms with Crippen LogP contribution in [0.2, 0.25) is 0 Å². The van der Waals surface area contributed by atoms with Crippen LogP contribution in [0.1, 0.15) is 146 Å². The maximum absolute atomic E-state index is 14.2. The van der Waals surface area contributed by atoms with Gasteiger partial charge in [-0.05, 0) is 81.8 Å². The maximum atomic E-state index is 14.2. The Bertz CT molecular complexity index is 1970. The summed E-state index contributed by atoms with van der Waals surface area (Å²) in [7, 11) is 0. The summed E-state index contributed by atoms with van der Waals surface area (Å²) in [5.74, 6) is -0.578. The molecular formula is C43H48N2O4. The zero-order chi connectivity index (χ0) is 34.2. The van der Waals surface area contributed by atoms with Crippen LogP contribution in [-0.4, -0.2) is 46.5 Å². The minimum absolute atomic E-state index is 0.209. The van der Waals surface area contributed by atoms with Gasteiger partial charge in [0.25, 0.3) is 23.6 Å². The van der Waals surface area contributed by atoms with Crippen molar-refractivity contribution in [3.8, 4) is 0 Å². The summed E-state index contributed by atoms with van der Waals surface area (Å²) < 4.78 is 0. The lowest BCUT2D eigenvalue weighted by Crippen LogP contribution is -2.43. The SMILES string of the molecule is CCCCCCCN1C(=O)c2ccc3c4ccc5c6c(ccc(c7ccc(c2c37)C1=O)c64)C(=O)N(CC(CCCCC)CCCCC)C5=O. The molecule has 254 valence electrons. The molecule has 0 aliphatic carbocycles. The third-order valence-corrected chi connectivity index (χ3v) is 11.2. The molecule has 0 N–H and O–H groups in total. The quantitative estimate of drug-likeness (QED) is 0.0458. The first-order valence-corrected chi connectivity index (χ1v) is 18.8. The monoisotopic (exact) mass is 656 g/mol. The van der Waals surface area contributed by atoms with Gasteiger partial charge in [0.1, 0.15) is 0 Å². The van der Waals surface area contributed by atoms with Crippen molar-refractivity contribution in [2.45, 2.75) is 104 Å². The van der Waals surface area contributed by atoms with Gasteiger partial charge in [-0.2, -0.15) is 0 Å². The van der Waals surface area contributed by atoms with Gasteiger partial charge in [-0.25, -0.2) is 0 Å². The number of carbonyl (C=O) groups is 4. The average molecular weight is 657 g/mol.